The summed E-state index contributed by atoms with van der Waals surface area (Å²) >= 11 is 17.5. The number of hydrogen-bond acceptors (Lipinski definition) is 1. The highest BCUT2D eigenvalue weighted by molar-refractivity contribution is 6.32. The van der Waals surface area contributed by atoms with Gasteiger partial charge < -0.3 is 5.32 Å². The molecule has 1 nitrogen and oxygen atoms in total. The molecule has 0 spiro atoms. The molecular weight excluding hydrogens is 409 g/mol. The molecular formula is C24H36Cl3N. The second-order valence-corrected chi connectivity index (χ2v) is 9.19. The Morgan fingerprint density at radius 2 is 1.82 bits per heavy atom. The van der Waals surface area contributed by atoms with Gasteiger partial charge in [0.05, 0.1) is 0 Å². The van der Waals surface area contributed by atoms with E-state index in [9.17, 15) is 0 Å². The summed E-state index contributed by atoms with van der Waals surface area (Å²) < 4.78 is 0. The molecule has 0 aromatic heterocycles. The zero-order valence-electron chi connectivity index (χ0n) is 18.0. The van der Waals surface area contributed by atoms with Crippen LogP contribution in [0.2, 0.25) is 5.02 Å². The Bertz CT molecular complexity index is 645. The largest absolute Gasteiger partial charge is 0.316 e. The van der Waals surface area contributed by atoms with E-state index < -0.39 is 0 Å². The first-order valence-electron chi connectivity index (χ1n) is 10.4. The molecule has 3 unspecified atom stereocenters. The number of rotatable bonds is 3. The minimum atomic E-state index is 0.458. The Kier molecular flexibility index (Phi) is 12.5. The van der Waals surface area contributed by atoms with Crippen LogP contribution in [-0.2, 0) is 0 Å². The molecule has 1 fully saturated rings. The van der Waals surface area contributed by atoms with Crippen LogP contribution < -0.4 is 5.32 Å². The maximum atomic E-state index is 5.91. The summed E-state index contributed by atoms with van der Waals surface area (Å²) in [5, 5.41) is 6.09. The molecule has 1 N–H and O–H groups in total. The quantitative estimate of drug-likeness (QED) is 0.494. The van der Waals surface area contributed by atoms with Gasteiger partial charge in [-0.2, -0.15) is 0 Å². The van der Waals surface area contributed by atoms with Crippen molar-refractivity contribution in [1.82, 2.24) is 5.32 Å². The lowest BCUT2D eigenvalue weighted by Gasteiger charge is -2.16. The van der Waals surface area contributed by atoms with E-state index >= 15 is 0 Å². The van der Waals surface area contributed by atoms with Crippen molar-refractivity contribution in [2.75, 3.05) is 13.1 Å². The first-order valence-corrected chi connectivity index (χ1v) is 11.6. The lowest BCUT2D eigenvalue weighted by Crippen LogP contribution is -2.14. The number of halogens is 3. The monoisotopic (exact) mass is 443 g/mol. The Morgan fingerprint density at radius 3 is 2.29 bits per heavy atom. The third-order valence-electron chi connectivity index (χ3n) is 5.62. The molecule has 3 atom stereocenters. The Morgan fingerprint density at radius 1 is 1.11 bits per heavy atom. The molecule has 158 valence electrons. The zero-order chi connectivity index (χ0) is 21.1. The predicted molar refractivity (Wildman–Crippen MR) is 128 cm³/mol. The smallest absolute Gasteiger partial charge is 0.0437 e. The highest BCUT2D eigenvalue weighted by Crippen LogP contribution is 2.31. The van der Waals surface area contributed by atoms with Crippen molar-refractivity contribution in [1.29, 1.82) is 0 Å². The Hall–Kier alpha value is -0.470. The van der Waals surface area contributed by atoms with E-state index in [0.717, 1.165) is 45.3 Å². The van der Waals surface area contributed by atoms with Crippen molar-refractivity contribution in [3.05, 3.63) is 56.6 Å². The average Bonchev–Trinajstić information content (AvgIpc) is 3.22. The molecule has 0 radical (unpaired) electrons. The number of allylic oxidation sites excluding steroid dienone is 4. The van der Waals surface area contributed by atoms with Gasteiger partial charge in [-0.25, -0.2) is 0 Å². The highest BCUT2D eigenvalue weighted by Gasteiger charge is 2.19. The van der Waals surface area contributed by atoms with E-state index in [4.69, 9.17) is 34.8 Å². The summed E-state index contributed by atoms with van der Waals surface area (Å²) in [4.78, 5) is 0. The maximum absolute atomic E-state index is 5.91. The average molecular weight is 445 g/mol. The van der Waals surface area contributed by atoms with Crippen LogP contribution in [0.4, 0.5) is 0 Å². The van der Waals surface area contributed by atoms with Crippen LogP contribution in [-0.4, -0.2) is 13.1 Å². The summed E-state index contributed by atoms with van der Waals surface area (Å²) in [6.45, 7) is 13.3. The Labute approximate surface area is 187 Å². The summed E-state index contributed by atoms with van der Waals surface area (Å²) in [6.07, 6.45) is 8.48. The van der Waals surface area contributed by atoms with Crippen molar-refractivity contribution >= 4 is 34.8 Å². The van der Waals surface area contributed by atoms with Gasteiger partial charge in [-0.3, -0.25) is 0 Å². The third-order valence-corrected chi connectivity index (χ3v) is 6.74. The van der Waals surface area contributed by atoms with Gasteiger partial charge in [-0.15, -0.1) is 0 Å². The molecule has 4 heteroatoms. The maximum Gasteiger partial charge on any atom is 0.0437 e. The minimum Gasteiger partial charge on any atom is -0.316 e. The predicted octanol–water partition coefficient (Wildman–Crippen LogP) is 8.26. The number of benzene rings is 1. The lowest BCUT2D eigenvalue weighted by atomic mass is 9.91. The molecule has 3 rings (SSSR count). The zero-order valence-corrected chi connectivity index (χ0v) is 20.3. The van der Waals surface area contributed by atoms with Crippen LogP contribution in [0, 0.1) is 31.6 Å². The lowest BCUT2D eigenvalue weighted by molar-refractivity contribution is 0.376. The first-order chi connectivity index (χ1) is 13.3. The molecule has 2 aliphatic rings. The molecule has 28 heavy (non-hydrogen) atoms. The minimum absolute atomic E-state index is 0.458. The normalized spacial score (nSPS) is 22.1. The van der Waals surface area contributed by atoms with Crippen LogP contribution >= 0.6 is 34.8 Å². The number of hydrogen-bond donors (Lipinski definition) is 1. The Balaban J connectivity index is 0.000000210. The fourth-order valence-electron chi connectivity index (χ4n) is 3.24. The van der Waals surface area contributed by atoms with Crippen molar-refractivity contribution in [2.24, 2.45) is 17.8 Å². The van der Waals surface area contributed by atoms with Crippen LogP contribution in [0.1, 0.15) is 57.6 Å². The SMILES string of the molecule is CCC(C)C1CCNC1.CCC1CC(Cl)=CC=C1Cl.Cc1ccc(C)c(Cl)c1. The fourth-order valence-corrected chi connectivity index (χ4v) is 4.02. The second-order valence-electron chi connectivity index (χ2n) is 7.87. The first kappa shape index (κ1) is 25.6. The van der Waals surface area contributed by atoms with Crippen molar-refractivity contribution in [2.45, 2.75) is 60.3 Å². The summed E-state index contributed by atoms with van der Waals surface area (Å²) in [7, 11) is 0. The van der Waals surface area contributed by atoms with Crippen LogP contribution in [0.3, 0.4) is 0 Å². The summed E-state index contributed by atoms with van der Waals surface area (Å²) in [6, 6.07) is 6.05. The van der Waals surface area contributed by atoms with E-state index in [0.29, 0.717) is 5.92 Å². The molecule has 1 aromatic carbocycles. The van der Waals surface area contributed by atoms with Gasteiger partial charge in [-0.05, 0) is 93.3 Å². The molecule has 0 amide bonds. The van der Waals surface area contributed by atoms with Gasteiger partial charge >= 0.3 is 0 Å². The van der Waals surface area contributed by atoms with Crippen LogP contribution in [0.15, 0.2) is 40.4 Å². The number of nitrogens with one attached hydrogen (secondary N) is 1. The molecule has 1 aromatic rings. The summed E-state index contributed by atoms with van der Waals surface area (Å²) in [5.41, 5.74) is 2.35. The van der Waals surface area contributed by atoms with Crippen LogP contribution in [0.5, 0.6) is 0 Å². The van der Waals surface area contributed by atoms with Crippen molar-refractivity contribution in [3.63, 3.8) is 0 Å². The van der Waals surface area contributed by atoms with Crippen molar-refractivity contribution in [3.8, 4) is 0 Å². The van der Waals surface area contributed by atoms with Crippen molar-refractivity contribution < 1.29 is 0 Å². The number of aryl methyl sites for hydroxylation is 2. The van der Waals surface area contributed by atoms with E-state index in [2.05, 4.69) is 32.2 Å². The van der Waals surface area contributed by atoms with Gasteiger partial charge in [0.25, 0.3) is 0 Å². The second kappa shape index (κ2) is 13.7. The van der Waals surface area contributed by atoms with E-state index in [1.54, 1.807) is 0 Å². The van der Waals surface area contributed by atoms with Gasteiger partial charge in [0.2, 0.25) is 0 Å². The van der Waals surface area contributed by atoms with Crippen LogP contribution in [0.25, 0.3) is 0 Å². The van der Waals surface area contributed by atoms with Gasteiger partial charge in [-0.1, -0.05) is 74.1 Å². The molecule has 1 saturated heterocycles. The third kappa shape index (κ3) is 9.35. The molecule has 0 bridgehead atoms. The summed E-state index contributed by atoms with van der Waals surface area (Å²) in [5.74, 6) is 2.36. The molecule has 1 heterocycles. The fraction of sp³-hybridized carbons (Fsp3) is 0.583. The molecule has 0 saturated carbocycles. The van der Waals surface area contributed by atoms with E-state index in [1.165, 1.54) is 31.5 Å². The van der Waals surface area contributed by atoms with Gasteiger partial charge in [0, 0.05) is 15.1 Å². The van der Waals surface area contributed by atoms with Gasteiger partial charge in [0.1, 0.15) is 0 Å². The standard InChI is InChI=1S/C8H10Cl2.C8H9Cl.C8H17N/c1-2-6-5-7(9)3-4-8(6)10;1-6-3-4-7(2)8(9)5-6;1-3-7(2)8-4-5-9-6-8/h3-4,6H,2,5H2,1H3;3-5H,1-2H3;7-9H,3-6H2,1-2H3. The highest BCUT2D eigenvalue weighted by atomic mass is 35.5. The van der Waals surface area contributed by atoms with Gasteiger partial charge in [0.15, 0.2) is 0 Å². The molecule has 1 aliphatic carbocycles. The topological polar surface area (TPSA) is 12.0 Å². The molecule has 1 aliphatic heterocycles. The van der Waals surface area contributed by atoms with E-state index in [1.807, 2.05) is 38.1 Å². The van der Waals surface area contributed by atoms with E-state index in [-0.39, 0.29) is 0 Å².